The van der Waals surface area contributed by atoms with Crippen LogP contribution in [0.4, 0.5) is 0 Å². The first-order valence-electron chi connectivity index (χ1n) is 12.6. The van der Waals surface area contributed by atoms with Crippen molar-refractivity contribution in [2.24, 2.45) is 0 Å². The van der Waals surface area contributed by atoms with Crippen molar-refractivity contribution >= 4 is 11.8 Å². The summed E-state index contributed by atoms with van der Waals surface area (Å²) < 4.78 is 0. The predicted molar refractivity (Wildman–Crippen MR) is 143 cm³/mol. The van der Waals surface area contributed by atoms with E-state index in [4.69, 9.17) is 0 Å². The lowest BCUT2D eigenvalue weighted by molar-refractivity contribution is -0.141. The van der Waals surface area contributed by atoms with E-state index in [2.05, 4.69) is 42.6 Å². The molecule has 0 saturated carbocycles. The van der Waals surface area contributed by atoms with E-state index >= 15 is 0 Å². The molecule has 3 aromatic rings. The smallest absolute Gasteiger partial charge is 0.243 e. The number of amides is 2. The summed E-state index contributed by atoms with van der Waals surface area (Å²) in [5.41, 5.74) is 5.53. The van der Waals surface area contributed by atoms with Crippen molar-refractivity contribution in [3.63, 3.8) is 0 Å². The van der Waals surface area contributed by atoms with Crippen LogP contribution >= 0.6 is 0 Å². The van der Waals surface area contributed by atoms with Gasteiger partial charge in [0.2, 0.25) is 11.8 Å². The first-order valence-corrected chi connectivity index (χ1v) is 12.6. The lowest BCUT2D eigenvalue weighted by Crippen LogP contribution is -2.52. The average molecular weight is 471 g/mol. The fourth-order valence-corrected chi connectivity index (χ4v) is 4.15. The molecule has 0 aromatic heterocycles. The molecule has 0 radical (unpaired) electrons. The van der Waals surface area contributed by atoms with E-state index in [1.807, 2.05) is 69.3 Å². The number of nitrogens with zero attached hydrogens (tertiary/aromatic N) is 1. The van der Waals surface area contributed by atoms with Gasteiger partial charge in [0, 0.05) is 25.4 Å². The zero-order valence-electron chi connectivity index (χ0n) is 21.5. The van der Waals surface area contributed by atoms with Crippen molar-refractivity contribution in [1.82, 2.24) is 10.2 Å². The molecule has 0 aliphatic carbocycles. The van der Waals surface area contributed by atoms with Gasteiger partial charge in [-0.25, -0.2) is 0 Å². The van der Waals surface area contributed by atoms with Crippen molar-refractivity contribution in [2.45, 2.75) is 72.0 Å². The van der Waals surface area contributed by atoms with Gasteiger partial charge in [-0.3, -0.25) is 9.59 Å². The largest absolute Gasteiger partial charge is 0.352 e. The maximum atomic E-state index is 13.7. The van der Waals surface area contributed by atoms with Gasteiger partial charge in [0.1, 0.15) is 6.04 Å². The highest BCUT2D eigenvalue weighted by Gasteiger charge is 2.30. The molecule has 184 valence electrons. The molecule has 1 N–H and O–H groups in total. The summed E-state index contributed by atoms with van der Waals surface area (Å²) in [6.45, 7) is 8.56. The molecule has 0 fully saturated rings. The standard InChI is InChI=1S/C31H38N2O2/c1-5-25(4)32-31(35)29(21-27-11-7-6-8-12-27)33(22-28-13-9-10-24(3)20-28)30(34)19-18-26-16-14-23(2)15-17-26/h6-17,20,25,29H,5,18-19,21-22H2,1-4H3,(H,32,35). The number of aryl methyl sites for hydroxylation is 3. The Balaban J connectivity index is 1.90. The van der Waals surface area contributed by atoms with Gasteiger partial charge >= 0.3 is 0 Å². The van der Waals surface area contributed by atoms with Crippen molar-refractivity contribution < 1.29 is 9.59 Å². The number of hydrogen-bond donors (Lipinski definition) is 1. The van der Waals surface area contributed by atoms with Crippen LogP contribution in [0.5, 0.6) is 0 Å². The van der Waals surface area contributed by atoms with Gasteiger partial charge in [-0.2, -0.15) is 0 Å². The van der Waals surface area contributed by atoms with Gasteiger partial charge in [0.05, 0.1) is 0 Å². The molecule has 4 nitrogen and oxygen atoms in total. The van der Waals surface area contributed by atoms with Crippen LogP contribution in [-0.4, -0.2) is 28.8 Å². The Morgan fingerprint density at radius 3 is 2.17 bits per heavy atom. The van der Waals surface area contributed by atoms with E-state index in [0.717, 1.165) is 28.7 Å². The van der Waals surface area contributed by atoms with Crippen molar-refractivity contribution in [3.8, 4) is 0 Å². The molecule has 0 aliphatic rings. The van der Waals surface area contributed by atoms with E-state index in [1.54, 1.807) is 4.90 Å². The topological polar surface area (TPSA) is 49.4 Å². The number of carbonyl (C=O) groups is 2. The molecule has 2 atom stereocenters. The number of carbonyl (C=O) groups excluding carboxylic acids is 2. The predicted octanol–water partition coefficient (Wildman–Crippen LogP) is 5.79. The fourth-order valence-electron chi connectivity index (χ4n) is 4.15. The van der Waals surface area contributed by atoms with E-state index < -0.39 is 6.04 Å². The summed E-state index contributed by atoms with van der Waals surface area (Å²) in [5, 5.41) is 3.13. The summed E-state index contributed by atoms with van der Waals surface area (Å²) in [4.78, 5) is 29.0. The summed E-state index contributed by atoms with van der Waals surface area (Å²) in [6, 6.07) is 25.9. The highest BCUT2D eigenvalue weighted by Crippen LogP contribution is 2.18. The van der Waals surface area contributed by atoms with Crippen LogP contribution in [0.25, 0.3) is 0 Å². The van der Waals surface area contributed by atoms with Crippen LogP contribution in [0.1, 0.15) is 54.5 Å². The van der Waals surface area contributed by atoms with E-state index in [-0.39, 0.29) is 17.9 Å². The molecule has 0 aliphatic heterocycles. The maximum absolute atomic E-state index is 13.7. The van der Waals surface area contributed by atoms with Crippen LogP contribution < -0.4 is 5.32 Å². The Bertz CT molecular complexity index is 1090. The Kier molecular flexibility index (Phi) is 9.66. The number of benzene rings is 3. The first-order chi connectivity index (χ1) is 16.9. The molecule has 3 rings (SSSR count). The van der Waals surface area contributed by atoms with Crippen LogP contribution in [0, 0.1) is 13.8 Å². The molecule has 2 amide bonds. The van der Waals surface area contributed by atoms with Gasteiger partial charge in [-0.05, 0) is 50.3 Å². The molecule has 4 heteroatoms. The lowest BCUT2D eigenvalue weighted by atomic mass is 10.0. The summed E-state index contributed by atoms with van der Waals surface area (Å²) >= 11 is 0. The molecule has 2 unspecified atom stereocenters. The number of nitrogens with one attached hydrogen (secondary N) is 1. The zero-order chi connectivity index (χ0) is 25.2. The zero-order valence-corrected chi connectivity index (χ0v) is 21.5. The van der Waals surface area contributed by atoms with Gasteiger partial charge < -0.3 is 10.2 Å². The normalized spacial score (nSPS) is 12.6. The van der Waals surface area contributed by atoms with E-state index in [1.165, 1.54) is 5.56 Å². The van der Waals surface area contributed by atoms with Crippen molar-refractivity contribution in [2.75, 3.05) is 0 Å². The summed E-state index contributed by atoms with van der Waals surface area (Å²) in [6.07, 6.45) is 2.32. The van der Waals surface area contributed by atoms with Crippen LogP contribution in [-0.2, 0) is 29.0 Å². The fraction of sp³-hybridized carbons (Fsp3) is 0.355. The quantitative estimate of drug-likeness (QED) is 0.386. The van der Waals surface area contributed by atoms with E-state index in [0.29, 0.717) is 25.8 Å². The molecular formula is C31H38N2O2. The average Bonchev–Trinajstić information content (AvgIpc) is 2.86. The third-order valence-electron chi connectivity index (χ3n) is 6.46. The van der Waals surface area contributed by atoms with Gasteiger partial charge in [0.15, 0.2) is 0 Å². The Morgan fingerprint density at radius 2 is 1.51 bits per heavy atom. The third-order valence-corrected chi connectivity index (χ3v) is 6.46. The monoisotopic (exact) mass is 470 g/mol. The van der Waals surface area contributed by atoms with Gasteiger partial charge in [-0.15, -0.1) is 0 Å². The van der Waals surface area contributed by atoms with Crippen LogP contribution in [0.15, 0.2) is 78.9 Å². The van der Waals surface area contributed by atoms with Gasteiger partial charge in [-0.1, -0.05) is 96.9 Å². The maximum Gasteiger partial charge on any atom is 0.243 e. The Labute approximate surface area is 210 Å². The molecular weight excluding hydrogens is 432 g/mol. The summed E-state index contributed by atoms with van der Waals surface area (Å²) in [7, 11) is 0. The second kappa shape index (κ2) is 12.9. The van der Waals surface area contributed by atoms with E-state index in [9.17, 15) is 9.59 Å². The summed E-state index contributed by atoms with van der Waals surface area (Å²) in [5.74, 6) is -0.105. The van der Waals surface area contributed by atoms with Crippen LogP contribution in [0.3, 0.4) is 0 Å². The Morgan fingerprint density at radius 1 is 0.829 bits per heavy atom. The van der Waals surface area contributed by atoms with Crippen molar-refractivity contribution in [3.05, 3.63) is 107 Å². The molecule has 3 aromatic carbocycles. The Hall–Kier alpha value is -3.40. The first kappa shape index (κ1) is 26.2. The molecule has 0 spiro atoms. The minimum atomic E-state index is -0.586. The van der Waals surface area contributed by atoms with Crippen molar-refractivity contribution in [1.29, 1.82) is 0 Å². The molecule has 0 saturated heterocycles. The number of hydrogen-bond acceptors (Lipinski definition) is 2. The molecule has 35 heavy (non-hydrogen) atoms. The van der Waals surface area contributed by atoms with Crippen LogP contribution in [0.2, 0.25) is 0 Å². The SMILES string of the molecule is CCC(C)NC(=O)C(Cc1ccccc1)N(Cc1cccc(C)c1)C(=O)CCc1ccc(C)cc1. The minimum Gasteiger partial charge on any atom is -0.352 e. The minimum absolute atomic E-state index is 0.00712. The molecule has 0 heterocycles. The van der Waals surface area contributed by atoms with Gasteiger partial charge in [0.25, 0.3) is 0 Å². The third kappa shape index (κ3) is 8.10. The number of rotatable bonds is 11. The highest BCUT2D eigenvalue weighted by molar-refractivity contribution is 5.88. The molecule has 0 bridgehead atoms. The second-order valence-corrected chi connectivity index (χ2v) is 9.52. The highest BCUT2D eigenvalue weighted by atomic mass is 16.2. The second-order valence-electron chi connectivity index (χ2n) is 9.52. The lowest BCUT2D eigenvalue weighted by Gasteiger charge is -2.32.